The molecule has 0 aliphatic heterocycles. The fourth-order valence-electron chi connectivity index (χ4n) is 0.610. The van der Waals surface area contributed by atoms with E-state index in [-0.39, 0.29) is 0 Å². The van der Waals surface area contributed by atoms with Gasteiger partial charge < -0.3 is 0 Å². The number of hydrogen-bond donors (Lipinski definition) is 1. The zero-order valence-corrected chi connectivity index (χ0v) is 4.91. The highest BCUT2D eigenvalue weighted by Crippen LogP contribution is 1.75. The minimum absolute atomic E-state index is 0.556. The van der Waals surface area contributed by atoms with Crippen molar-refractivity contribution >= 4 is 0 Å². The molecular formula is C5H10N3+. The summed E-state index contributed by atoms with van der Waals surface area (Å²) in [6.07, 6.45) is 5.81. The van der Waals surface area contributed by atoms with Crippen molar-refractivity contribution in [3.05, 3.63) is 18.7 Å². The molecule has 0 saturated heterocycles. The Kier molecular flexibility index (Phi) is 1.30. The van der Waals surface area contributed by atoms with E-state index in [4.69, 9.17) is 5.73 Å². The summed E-state index contributed by atoms with van der Waals surface area (Å²) >= 11 is 0. The maximum atomic E-state index is 5.31. The Bertz CT molecular complexity index is 168. The Morgan fingerprint density at radius 2 is 2.50 bits per heavy atom. The number of nitrogens with zero attached hydrogens (tertiary/aromatic N) is 2. The van der Waals surface area contributed by atoms with Gasteiger partial charge in [-0.1, -0.05) is 0 Å². The minimum Gasteiger partial charge on any atom is -0.295 e. The van der Waals surface area contributed by atoms with Gasteiger partial charge in [0.15, 0.2) is 0 Å². The fourth-order valence-corrected chi connectivity index (χ4v) is 0.610. The normalized spacial score (nSPS) is 9.75. The molecule has 8 heavy (non-hydrogen) atoms. The van der Waals surface area contributed by atoms with Crippen LogP contribution in [0.15, 0.2) is 18.7 Å². The molecule has 1 rings (SSSR count). The third-order valence-corrected chi connectivity index (χ3v) is 1.03. The van der Waals surface area contributed by atoms with E-state index in [1.165, 1.54) is 0 Å². The highest BCUT2D eigenvalue weighted by atomic mass is 15.1. The first-order valence-electron chi connectivity index (χ1n) is 2.54. The third-order valence-electron chi connectivity index (χ3n) is 1.03. The lowest BCUT2D eigenvalue weighted by molar-refractivity contribution is -0.671. The SMILES string of the molecule is C[n+]1ccn(CN)c1. The summed E-state index contributed by atoms with van der Waals surface area (Å²) in [5.74, 6) is 0. The summed E-state index contributed by atoms with van der Waals surface area (Å²) in [6, 6.07) is 0. The summed E-state index contributed by atoms with van der Waals surface area (Å²) in [5, 5.41) is 0. The fraction of sp³-hybridized carbons (Fsp3) is 0.400. The topological polar surface area (TPSA) is 34.8 Å². The first-order chi connectivity index (χ1) is 3.83. The van der Waals surface area contributed by atoms with Crippen LogP contribution in [-0.4, -0.2) is 4.57 Å². The maximum Gasteiger partial charge on any atom is 0.244 e. The van der Waals surface area contributed by atoms with Gasteiger partial charge in [-0.15, -0.1) is 0 Å². The molecule has 0 unspecified atom stereocenters. The molecule has 0 amide bonds. The maximum absolute atomic E-state index is 5.31. The van der Waals surface area contributed by atoms with E-state index in [0.29, 0.717) is 6.67 Å². The quantitative estimate of drug-likeness (QED) is 0.476. The van der Waals surface area contributed by atoms with Crippen LogP contribution in [0.3, 0.4) is 0 Å². The van der Waals surface area contributed by atoms with E-state index in [9.17, 15) is 0 Å². The average Bonchev–Trinajstić information content (AvgIpc) is 2.14. The Hall–Kier alpha value is -0.830. The molecule has 0 bridgehead atoms. The lowest BCUT2D eigenvalue weighted by Gasteiger charge is -1.81. The van der Waals surface area contributed by atoms with Gasteiger partial charge >= 0.3 is 0 Å². The summed E-state index contributed by atoms with van der Waals surface area (Å²) in [6.45, 7) is 0.556. The Morgan fingerprint density at radius 3 is 2.75 bits per heavy atom. The summed E-state index contributed by atoms with van der Waals surface area (Å²) < 4.78 is 3.85. The molecule has 44 valence electrons. The van der Waals surface area contributed by atoms with E-state index in [1.807, 2.05) is 34.9 Å². The van der Waals surface area contributed by atoms with Gasteiger partial charge in [0, 0.05) is 0 Å². The molecule has 0 saturated carbocycles. The van der Waals surface area contributed by atoms with Crippen molar-refractivity contribution in [3.8, 4) is 0 Å². The summed E-state index contributed by atoms with van der Waals surface area (Å²) in [5.41, 5.74) is 5.31. The van der Waals surface area contributed by atoms with Crippen LogP contribution in [-0.2, 0) is 13.7 Å². The number of aryl methyl sites for hydroxylation is 1. The van der Waals surface area contributed by atoms with Gasteiger partial charge in [-0.05, 0) is 0 Å². The molecule has 0 aliphatic rings. The standard InChI is InChI=1S/C5H10N3/c1-7-2-3-8(4-6)5-7/h2-3,5H,4,6H2,1H3/q+1. The van der Waals surface area contributed by atoms with Crippen LogP contribution >= 0.6 is 0 Å². The van der Waals surface area contributed by atoms with E-state index in [1.54, 1.807) is 0 Å². The summed E-state index contributed by atoms with van der Waals surface area (Å²) in [4.78, 5) is 0. The number of hydrogen-bond acceptors (Lipinski definition) is 1. The van der Waals surface area contributed by atoms with E-state index in [0.717, 1.165) is 0 Å². The second-order valence-electron chi connectivity index (χ2n) is 1.78. The highest BCUT2D eigenvalue weighted by molar-refractivity contribution is 4.63. The smallest absolute Gasteiger partial charge is 0.244 e. The molecule has 0 spiro atoms. The number of rotatable bonds is 1. The lowest BCUT2D eigenvalue weighted by Crippen LogP contribution is -2.24. The highest BCUT2D eigenvalue weighted by Gasteiger charge is 1.92. The van der Waals surface area contributed by atoms with E-state index >= 15 is 0 Å². The van der Waals surface area contributed by atoms with Crippen molar-refractivity contribution in [2.75, 3.05) is 0 Å². The van der Waals surface area contributed by atoms with Crippen LogP contribution in [0.25, 0.3) is 0 Å². The molecule has 1 aromatic rings. The zero-order chi connectivity index (χ0) is 5.98. The van der Waals surface area contributed by atoms with Gasteiger partial charge in [0.05, 0.1) is 7.05 Å². The second kappa shape index (κ2) is 1.96. The van der Waals surface area contributed by atoms with Crippen LogP contribution in [0.2, 0.25) is 0 Å². The molecule has 0 aliphatic carbocycles. The first kappa shape index (κ1) is 5.31. The molecule has 0 fully saturated rings. The molecule has 2 N–H and O–H groups in total. The molecule has 0 radical (unpaired) electrons. The van der Waals surface area contributed by atoms with Gasteiger partial charge in [-0.2, -0.15) is 0 Å². The summed E-state index contributed by atoms with van der Waals surface area (Å²) in [7, 11) is 1.96. The number of nitrogens with two attached hydrogens (primary N) is 1. The largest absolute Gasteiger partial charge is 0.295 e. The van der Waals surface area contributed by atoms with Crippen molar-refractivity contribution in [3.63, 3.8) is 0 Å². The van der Waals surface area contributed by atoms with E-state index < -0.39 is 0 Å². The van der Waals surface area contributed by atoms with Crippen LogP contribution in [0.5, 0.6) is 0 Å². The van der Waals surface area contributed by atoms with Crippen molar-refractivity contribution in [2.24, 2.45) is 12.8 Å². The van der Waals surface area contributed by atoms with Crippen molar-refractivity contribution in [1.29, 1.82) is 0 Å². The van der Waals surface area contributed by atoms with Gasteiger partial charge in [-0.3, -0.25) is 5.73 Å². The Balaban J connectivity index is 2.84. The van der Waals surface area contributed by atoms with Gasteiger partial charge in [0.25, 0.3) is 0 Å². The molecule has 3 nitrogen and oxygen atoms in total. The first-order valence-corrected chi connectivity index (χ1v) is 2.54. The molecular weight excluding hydrogens is 102 g/mol. The molecule has 1 aromatic heterocycles. The third kappa shape index (κ3) is 0.869. The minimum atomic E-state index is 0.556. The van der Waals surface area contributed by atoms with Crippen molar-refractivity contribution in [1.82, 2.24) is 4.57 Å². The monoisotopic (exact) mass is 112 g/mol. The van der Waals surface area contributed by atoms with Crippen molar-refractivity contribution in [2.45, 2.75) is 6.67 Å². The van der Waals surface area contributed by atoms with E-state index in [2.05, 4.69) is 0 Å². The number of aromatic nitrogens is 2. The van der Waals surface area contributed by atoms with Gasteiger partial charge in [0.1, 0.15) is 19.1 Å². The zero-order valence-electron chi connectivity index (χ0n) is 4.91. The van der Waals surface area contributed by atoms with Crippen LogP contribution in [0, 0.1) is 0 Å². The molecule has 1 heterocycles. The molecule has 0 atom stereocenters. The van der Waals surface area contributed by atoms with Crippen LogP contribution < -0.4 is 10.3 Å². The van der Waals surface area contributed by atoms with Crippen LogP contribution in [0.1, 0.15) is 0 Å². The Morgan fingerprint density at radius 1 is 1.75 bits per heavy atom. The predicted molar refractivity (Wildman–Crippen MR) is 29.8 cm³/mol. The molecule has 0 aromatic carbocycles. The average molecular weight is 112 g/mol. The van der Waals surface area contributed by atoms with Crippen molar-refractivity contribution < 1.29 is 4.57 Å². The number of imidazole rings is 1. The lowest BCUT2D eigenvalue weighted by atomic mass is 10.9. The van der Waals surface area contributed by atoms with Gasteiger partial charge in [-0.25, -0.2) is 9.13 Å². The second-order valence-corrected chi connectivity index (χ2v) is 1.78. The Labute approximate surface area is 48.3 Å². The predicted octanol–water partition coefficient (Wildman–Crippen LogP) is -0.771. The van der Waals surface area contributed by atoms with Gasteiger partial charge in [0.2, 0.25) is 6.33 Å². The molecule has 3 heteroatoms. The van der Waals surface area contributed by atoms with Crippen LogP contribution in [0.4, 0.5) is 0 Å².